The molecule has 1 fully saturated rings. The van der Waals surface area contributed by atoms with Gasteiger partial charge in [0.05, 0.1) is 6.54 Å². The van der Waals surface area contributed by atoms with Gasteiger partial charge in [-0.2, -0.15) is 0 Å². The molecule has 17 heavy (non-hydrogen) atoms. The summed E-state index contributed by atoms with van der Waals surface area (Å²) in [6.45, 7) is 0.698. The van der Waals surface area contributed by atoms with Crippen LogP contribution >= 0.6 is 35.3 Å². The molecular formula is C12H20IN3S. The minimum absolute atomic E-state index is 0. The van der Waals surface area contributed by atoms with Gasteiger partial charge < -0.3 is 11.1 Å². The van der Waals surface area contributed by atoms with Gasteiger partial charge in [-0.3, -0.25) is 0 Å². The number of halogens is 1. The van der Waals surface area contributed by atoms with Gasteiger partial charge >= 0.3 is 0 Å². The van der Waals surface area contributed by atoms with E-state index >= 15 is 0 Å². The molecule has 1 aliphatic carbocycles. The summed E-state index contributed by atoms with van der Waals surface area (Å²) in [5.41, 5.74) is 5.86. The Bertz CT molecular complexity index is 332. The maximum absolute atomic E-state index is 5.86. The first-order valence-electron chi connectivity index (χ1n) is 5.93. The molecule has 5 heteroatoms. The van der Waals surface area contributed by atoms with Gasteiger partial charge in [-0.1, -0.05) is 25.3 Å². The highest BCUT2D eigenvalue weighted by Crippen LogP contribution is 2.17. The fourth-order valence-corrected chi connectivity index (χ4v) is 2.70. The second-order valence-electron chi connectivity index (χ2n) is 4.26. The molecule has 2 rings (SSSR count). The van der Waals surface area contributed by atoms with Crippen LogP contribution in [-0.4, -0.2) is 12.0 Å². The van der Waals surface area contributed by atoms with E-state index in [4.69, 9.17) is 5.73 Å². The van der Waals surface area contributed by atoms with Gasteiger partial charge in [0, 0.05) is 10.9 Å². The SMILES string of the molecule is I.NC(=NCc1cccs1)NC1CCCCC1. The third-order valence-corrected chi connectivity index (χ3v) is 3.80. The molecule has 0 spiro atoms. The Morgan fingerprint density at radius 1 is 1.41 bits per heavy atom. The number of hydrogen-bond acceptors (Lipinski definition) is 2. The highest BCUT2D eigenvalue weighted by Gasteiger charge is 2.13. The number of rotatable bonds is 3. The van der Waals surface area contributed by atoms with Crippen molar-refractivity contribution in [3.05, 3.63) is 22.4 Å². The third-order valence-electron chi connectivity index (χ3n) is 2.94. The Balaban J connectivity index is 0.00000144. The molecule has 96 valence electrons. The van der Waals surface area contributed by atoms with Crippen molar-refractivity contribution >= 4 is 41.3 Å². The smallest absolute Gasteiger partial charge is 0.189 e. The summed E-state index contributed by atoms with van der Waals surface area (Å²) in [6.07, 6.45) is 6.46. The maximum atomic E-state index is 5.86. The Morgan fingerprint density at radius 3 is 2.82 bits per heavy atom. The van der Waals surface area contributed by atoms with Gasteiger partial charge in [0.2, 0.25) is 0 Å². The van der Waals surface area contributed by atoms with Crippen molar-refractivity contribution in [3.8, 4) is 0 Å². The van der Waals surface area contributed by atoms with Crippen molar-refractivity contribution in [1.29, 1.82) is 0 Å². The zero-order chi connectivity index (χ0) is 11.2. The zero-order valence-electron chi connectivity index (χ0n) is 9.89. The predicted molar refractivity (Wildman–Crippen MR) is 85.1 cm³/mol. The van der Waals surface area contributed by atoms with Crippen LogP contribution in [0.25, 0.3) is 0 Å². The quantitative estimate of drug-likeness (QED) is 0.491. The summed E-state index contributed by atoms with van der Waals surface area (Å²) in [4.78, 5) is 5.61. The monoisotopic (exact) mass is 365 g/mol. The molecule has 0 radical (unpaired) electrons. The lowest BCUT2D eigenvalue weighted by molar-refractivity contribution is 0.412. The molecule has 3 nitrogen and oxygen atoms in total. The number of nitrogens with one attached hydrogen (secondary N) is 1. The van der Waals surface area contributed by atoms with Gasteiger partial charge in [0.1, 0.15) is 0 Å². The molecule has 0 unspecified atom stereocenters. The first kappa shape index (κ1) is 14.8. The molecule has 0 atom stereocenters. The van der Waals surface area contributed by atoms with Crippen LogP contribution in [0.3, 0.4) is 0 Å². The number of nitrogens with zero attached hydrogens (tertiary/aromatic N) is 1. The Morgan fingerprint density at radius 2 is 2.18 bits per heavy atom. The summed E-state index contributed by atoms with van der Waals surface area (Å²) in [5.74, 6) is 0.597. The van der Waals surface area contributed by atoms with Crippen LogP contribution in [0, 0.1) is 0 Å². The lowest BCUT2D eigenvalue weighted by Crippen LogP contribution is -2.41. The summed E-state index contributed by atoms with van der Waals surface area (Å²) >= 11 is 1.72. The number of thiophene rings is 1. The van der Waals surface area contributed by atoms with Crippen molar-refractivity contribution in [2.24, 2.45) is 10.7 Å². The second kappa shape index (κ2) is 7.92. The molecule has 3 N–H and O–H groups in total. The lowest BCUT2D eigenvalue weighted by Gasteiger charge is -2.23. The zero-order valence-corrected chi connectivity index (χ0v) is 13.0. The maximum Gasteiger partial charge on any atom is 0.189 e. The van der Waals surface area contributed by atoms with Gasteiger partial charge in [0.15, 0.2) is 5.96 Å². The van der Waals surface area contributed by atoms with Crippen LogP contribution in [-0.2, 0) is 6.54 Å². The highest BCUT2D eigenvalue weighted by atomic mass is 127. The Kier molecular flexibility index (Phi) is 6.87. The summed E-state index contributed by atoms with van der Waals surface area (Å²) in [7, 11) is 0. The van der Waals surface area contributed by atoms with Gasteiger partial charge in [0.25, 0.3) is 0 Å². The molecule has 1 aromatic rings. The van der Waals surface area contributed by atoms with E-state index in [1.807, 2.05) is 6.07 Å². The van der Waals surface area contributed by atoms with E-state index in [9.17, 15) is 0 Å². The summed E-state index contributed by atoms with van der Waals surface area (Å²) in [5, 5.41) is 5.38. The topological polar surface area (TPSA) is 50.4 Å². The van der Waals surface area contributed by atoms with Crippen LogP contribution < -0.4 is 11.1 Å². The second-order valence-corrected chi connectivity index (χ2v) is 5.29. The molecule has 0 amide bonds. The Labute approximate surface area is 124 Å². The minimum atomic E-state index is 0. The normalized spacial score (nSPS) is 17.5. The van der Waals surface area contributed by atoms with Crippen LogP contribution in [0.15, 0.2) is 22.5 Å². The van der Waals surface area contributed by atoms with Crippen LogP contribution in [0.2, 0.25) is 0 Å². The third kappa shape index (κ3) is 5.25. The first-order chi connectivity index (χ1) is 7.84. The molecular weight excluding hydrogens is 345 g/mol. The van der Waals surface area contributed by atoms with E-state index in [0.29, 0.717) is 18.5 Å². The average Bonchev–Trinajstić information content (AvgIpc) is 2.81. The van der Waals surface area contributed by atoms with Gasteiger partial charge in [-0.15, -0.1) is 35.3 Å². The van der Waals surface area contributed by atoms with Gasteiger partial charge in [-0.25, -0.2) is 4.99 Å². The molecule has 1 saturated carbocycles. The van der Waals surface area contributed by atoms with E-state index < -0.39 is 0 Å². The molecule has 0 aromatic carbocycles. The predicted octanol–water partition coefficient (Wildman–Crippen LogP) is 3.10. The average molecular weight is 365 g/mol. The fraction of sp³-hybridized carbons (Fsp3) is 0.583. The summed E-state index contributed by atoms with van der Waals surface area (Å²) in [6, 6.07) is 4.67. The largest absolute Gasteiger partial charge is 0.370 e. The number of guanidine groups is 1. The molecule has 0 bridgehead atoms. The molecule has 0 aliphatic heterocycles. The summed E-state index contributed by atoms with van der Waals surface area (Å²) < 4.78 is 0. The van der Waals surface area contributed by atoms with E-state index in [2.05, 4.69) is 21.8 Å². The molecule has 1 aliphatic rings. The Hall–Kier alpha value is -0.300. The van der Waals surface area contributed by atoms with E-state index in [1.54, 1.807) is 11.3 Å². The highest BCUT2D eigenvalue weighted by molar-refractivity contribution is 14.0. The standard InChI is InChI=1S/C12H19N3S.HI/c13-12(14-9-11-7-4-8-16-11)15-10-5-2-1-3-6-10;/h4,7-8,10H,1-3,5-6,9H2,(H3,13,14,15);1H. The lowest BCUT2D eigenvalue weighted by atomic mass is 9.96. The van der Waals surface area contributed by atoms with Crippen molar-refractivity contribution in [2.75, 3.05) is 0 Å². The van der Waals surface area contributed by atoms with Crippen LogP contribution in [0.1, 0.15) is 37.0 Å². The van der Waals surface area contributed by atoms with E-state index in [-0.39, 0.29) is 24.0 Å². The van der Waals surface area contributed by atoms with Crippen molar-refractivity contribution in [3.63, 3.8) is 0 Å². The van der Waals surface area contributed by atoms with Crippen molar-refractivity contribution in [2.45, 2.75) is 44.7 Å². The number of aliphatic imine (C=N–C) groups is 1. The molecule has 0 saturated heterocycles. The van der Waals surface area contributed by atoms with Gasteiger partial charge in [-0.05, 0) is 24.3 Å². The fourth-order valence-electron chi connectivity index (χ4n) is 2.07. The van der Waals surface area contributed by atoms with E-state index in [1.165, 1.54) is 37.0 Å². The van der Waals surface area contributed by atoms with Crippen molar-refractivity contribution in [1.82, 2.24) is 5.32 Å². The van der Waals surface area contributed by atoms with Crippen molar-refractivity contribution < 1.29 is 0 Å². The number of hydrogen-bond donors (Lipinski definition) is 2. The van der Waals surface area contributed by atoms with Crippen LogP contribution in [0.4, 0.5) is 0 Å². The van der Waals surface area contributed by atoms with Crippen LogP contribution in [0.5, 0.6) is 0 Å². The molecule has 1 aromatic heterocycles. The first-order valence-corrected chi connectivity index (χ1v) is 6.81. The molecule has 1 heterocycles. The number of nitrogens with two attached hydrogens (primary N) is 1. The minimum Gasteiger partial charge on any atom is -0.370 e. The van der Waals surface area contributed by atoms with E-state index in [0.717, 1.165) is 0 Å².